The lowest BCUT2D eigenvalue weighted by Crippen LogP contribution is -2.41. The fourth-order valence-corrected chi connectivity index (χ4v) is 4.22. The number of esters is 1. The summed E-state index contributed by atoms with van der Waals surface area (Å²) in [6.45, 7) is 13.1. The third-order valence-corrected chi connectivity index (χ3v) is 5.30. The Balaban J connectivity index is 1.96. The predicted molar refractivity (Wildman–Crippen MR) is 116 cm³/mol. The van der Waals surface area contributed by atoms with Crippen molar-refractivity contribution < 1.29 is 14.3 Å². The van der Waals surface area contributed by atoms with Crippen LogP contribution < -0.4 is 4.74 Å². The molecule has 3 rings (SSSR count). The van der Waals surface area contributed by atoms with Gasteiger partial charge in [-0.3, -0.25) is 4.79 Å². The Morgan fingerprint density at radius 2 is 1.79 bits per heavy atom. The number of rotatable bonds is 3. The van der Waals surface area contributed by atoms with Crippen molar-refractivity contribution in [2.45, 2.75) is 65.4 Å². The quantitative estimate of drug-likeness (QED) is 0.524. The van der Waals surface area contributed by atoms with Crippen LogP contribution in [0.4, 0.5) is 0 Å². The van der Waals surface area contributed by atoms with Crippen molar-refractivity contribution in [3.8, 4) is 17.6 Å². The molecule has 0 unspecified atom stereocenters. The lowest BCUT2D eigenvalue weighted by Gasteiger charge is -2.42. The summed E-state index contributed by atoms with van der Waals surface area (Å²) >= 11 is 0. The van der Waals surface area contributed by atoms with Gasteiger partial charge >= 0.3 is 5.97 Å². The maximum absolute atomic E-state index is 11.9. The standard InChI is InChI=1S/C26H30O3/c1-7-28-24(27)16-21-11-9-8-10-19(21)12-13-20-15-22-23(14-18(20)2)29-26(5,6)17-25(22,3)4/h8-11,14-15H,7,16-17H2,1-6H3. The van der Waals surface area contributed by atoms with Crippen molar-refractivity contribution in [1.82, 2.24) is 0 Å². The van der Waals surface area contributed by atoms with E-state index in [2.05, 4.69) is 58.6 Å². The molecule has 0 fully saturated rings. The first-order chi connectivity index (χ1) is 13.6. The zero-order chi connectivity index (χ0) is 21.2. The maximum atomic E-state index is 11.9. The van der Waals surface area contributed by atoms with Gasteiger partial charge in [0.15, 0.2) is 0 Å². The van der Waals surface area contributed by atoms with Crippen LogP contribution >= 0.6 is 0 Å². The minimum Gasteiger partial charge on any atom is -0.488 e. The highest BCUT2D eigenvalue weighted by molar-refractivity contribution is 5.73. The van der Waals surface area contributed by atoms with E-state index >= 15 is 0 Å². The van der Waals surface area contributed by atoms with Crippen molar-refractivity contribution >= 4 is 5.97 Å². The molecule has 0 N–H and O–H groups in total. The van der Waals surface area contributed by atoms with Crippen LogP contribution in [0.15, 0.2) is 36.4 Å². The maximum Gasteiger partial charge on any atom is 0.310 e. The molecule has 0 bridgehead atoms. The Bertz CT molecular complexity index is 987. The van der Waals surface area contributed by atoms with Gasteiger partial charge in [0.2, 0.25) is 0 Å². The average Bonchev–Trinajstić information content (AvgIpc) is 2.60. The summed E-state index contributed by atoms with van der Waals surface area (Å²) in [5.41, 5.74) is 4.87. The molecule has 3 nitrogen and oxygen atoms in total. The van der Waals surface area contributed by atoms with Crippen molar-refractivity contribution in [3.63, 3.8) is 0 Å². The summed E-state index contributed by atoms with van der Waals surface area (Å²) in [7, 11) is 0. The second-order valence-electron chi connectivity index (χ2n) is 8.97. The minimum atomic E-state index is -0.228. The van der Waals surface area contributed by atoms with E-state index in [-0.39, 0.29) is 23.4 Å². The number of hydrogen-bond acceptors (Lipinski definition) is 3. The molecule has 0 saturated carbocycles. The molecule has 1 aliphatic rings. The zero-order valence-electron chi connectivity index (χ0n) is 18.3. The Kier molecular flexibility index (Phi) is 5.75. The molecule has 0 atom stereocenters. The van der Waals surface area contributed by atoms with Crippen molar-refractivity contribution in [2.24, 2.45) is 0 Å². The summed E-state index contributed by atoms with van der Waals surface area (Å²) in [4.78, 5) is 11.9. The van der Waals surface area contributed by atoms with Crippen LogP contribution in [0.25, 0.3) is 0 Å². The van der Waals surface area contributed by atoms with Gasteiger partial charge in [0.05, 0.1) is 13.0 Å². The van der Waals surface area contributed by atoms with Crippen LogP contribution in [-0.4, -0.2) is 18.2 Å². The molecule has 152 valence electrons. The molecule has 0 spiro atoms. The number of aryl methyl sites for hydroxylation is 1. The second-order valence-corrected chi connectivity index (χ2v) is 8.97. The molecule has 29 heavy (non-hydrogen) atoms. The third kappa shape index (κ3) is 4.82. The van der Waals surface area contributed by atoms with Crippen LogP contribution in [-0.2, 0) is 21.4 Å². The topological polar surface area (TPSA) is 35.5 Å². The molecular formula is C26H30O3. The van der Waals surface area contributed by atoms with E-state index in [9.17, 15) is 4.79 Å². The highest BCUT2D eigenvalue weighted by Gasteiger charge is 2.39. The molecule has 3 heteroatoms. The molecule has 0 saturated heterocycles. The van der Waals surface area contributed by atoms with Gasteiger partial charge in [-0.05, 0) is 68.9 Å². The van der Waals surface area contributed by atoms with Crippen molar-refractivity contribution in [1.29, 1.82) is 0 Å². The van der Waals surface area contributed by atoms with Crippen LogP contribution in [0.3, 0.4) is 0 Å². The summed E-state index contributed by atoms with van der Waals surface area (Å²) in [5.74, 6) is 7.32. The Morgan fingerprint density at radius 3 is 2.52 bits per heavy atom. The lowest BCUT2D eigenvalue weighted by molar-refractivity contribution is -0.142. The molecule has 0 aliphatic carbocycles. The highest BCUT2D eigenvalue weighted by atomic mass is 16.5. The first-order valence-corrected chi connectivity index (χ1v) is 10.2. The number of hydrogen-bond donors (Lipinski definition) is 0. The second kappa shape index (κ2) is 7.95. The molecule has 0 radical (unpaired) electrons. The van der Waals surface area contributed by atoms with Crippen molar-refractivity contribution in [2.75, 3.05) is 6.61 Å². The van der Waals surface area contributed by atoms with Gasteiger partial charge < -0.3 is 9.47 Å². The van der Waals surface area contributed by atoms with Crippen LogP contribution in [0.1, 0.15) is 68.9 Å². The average molecular weight is 391 g/mol. The summed E-state index contributed by atoms with van der Waals surface area (Å²) in [6, 6.07) is 12.0. The SMILES string of the molecule is CCOC(=O)Cc1ccccc1C#Cc1cc2c(cc1C)OC(C)(C)CC2(C)C. The normalized spacial score (nSPS) is 16.1. The van der Waals surface area contributed by atoms with Gasteiger partial charge in [-0.25, -0.2) is 0 Å². The van der Waals surface area contributed by atoms with Crippen LogP contribution in [0.5, 0.6) is 5.75 Å². The molecular weight excluding hydrogens is 360 g/mol. The molecule has 1 aliphatic heterocycles. The summed E-state index contributed by atoms with van der Waals surface area (Å²) < 4.78 is 11.3. The smallest absolute Gasteiger partial charge is 0.310 e. The first kappa shape index (κ1) is 21.0. The summed E-state index contributed by atoms with van der Waals surface area (Å²) in [6.07, 6.45) is 1.18. The molecule has 1 heterocycles. The van der Waals surface area contributed by atoms with Gasteiger partial charge in [-0.2, -0.15) is 0 Å². The molecule has 2 aromatic rings. The Morgan fingerprint density at radius 1 is 1.10 bits per heavy atom. The first-order valence-electron chi connectivity index (χ1n) is 10.2. The van der Waals surface area contributed by atoms with Crippen LogP contribution in [0.2, 0.25) is 0 Å². The zero-order valence-corrected chi connectivity index (χ0v) is 18.3. The number of fused-ring (bicyclic) bond motifs is 1. The Labute approximate surface area is 174 Å². The number of benzene rings is 2. The van der Waals surface area contributed by atoms with E-state index in [4.69, 9.17) is 9.47 Å². The number of carbonyl (C=O) groups is 1. The predicted octanol–water partition coefficient (Wildman–Crippen LogP) is 5.34. The van der Waals surface area contributed by atoms with Gasteiger partial charge in [0.1, 0.15) is 11.4 Å². The fraction of sp³-hybridized carbons (Fsp3) is 0.423. The van der Waals surface area contributed by atoms with Crippen molar-refractivity contribution in [3.05, 3.63) is 64.2 Å². The van der Waals surface area contributed by atoms with Gasteiger partial charge in [0.25, 0.3) is 0 Å². The minimum absolute atomic E-state index is 0.0169. The van der Waals surface area contributed by atoms with Crippen LogP contribution in [0, 0.1) is 18.8 Å². The number of ether oxygens (including phenoxy) is 2. The van der Waals surface area contributed by atoms with E-state index in [1.165, 1.54) is 5.56 Å². The highest BCUT2D eigenvalue weighted by Crippen LogP contribution is 2.45. The van der Waals surface area contributed by atoms with Gasteiger partial charge in [-0.15, -0.1) is 0 Å². The van der Waals surface area contributed by atoms with E-state index in [1.54, 1.807) is 0 Å². The lowest BCUT2D eigenvalue weighted by atomic mass is 9.73. The van der Waals surface area contributed by atoms with E-state index < -0.39 is 0 Å². The number of carbonyl (C=O) groups excluding carboxylic acids is 1. The van der Waals surface area contributed by atoms with E-state index in [0.29, 0.717) is 6.61 Å². The van der Waals surface area contributed by atoms with Gasteiger partial charge in [0, 0.05) is 16.7 Å². The molecule has 2 aromatic carbocycles. The third-order valence-electron chi connectivity index (χ3n) is 5.30. The van der Waals surface area contributed by atoms with Gasteiger partial charge in [-0.1, -0.05) is 43.9 Å². The summed E-state index contributed by atoms with van der Waals surface area (Å²) in [5, 5.41) is 0. The van der Waals surface area contributed by atoms with E-state index in [0.717, 1.165) is 34.4 Å². The fourth-order valence-electron chi connectivity index (χ4n) is 4.22. The monoisotopic (exact) mass is 390 g/mol. The molecule has 0 aromatic heterocycles. The largest absolute Gasteiger partial charge is 0.488 e. The Hall–Kier alpha value is -2.73. The molecule has 0 amide bonds. The van der Waals surface area contributed by atoms with E-state index in [1.807, 2.05) is 31.2 Å².